The Balaban J connectivity index is 1.46. The van der Waals surface area contributed by atoms with Gasteiger partial charge in [-0.15, -0.1) is 0 Å². The number of pyridine rings is 1. The Hall–Kier alpha value is -2.96. The van der Waals surface area contributed by atoms with E-state index in [0.29, 0.717) is 5.41 Å². The monoisotopic (exact) mass is 379 g/mol. The number of carbonyl (C=O) groups excluding carboxylic acids is 1. The summed E-state index contributed by atoms with van der Waals surface area (Å²) >= 11 is 0. The van der Waals surface area contributed by atoms with Gasteiger partial charge in [-0.2, -0.15) is 5.10 Å². The van der Waals surface area contributed by atoms with Crippen molar-refractivity contribution in [2.45, 2.75) is 39.7 Å². The molecule has 28 heavy (non-hydrogen) atoms. The molecule has 1 fully saturated rings. The second kappa shape index (κ2) is 7.22. The highest BCUT2D eigenvalue weighted by molar-refractivity contribution is 5.80. The van der Waals surface area contributed by atoms with E-state index in [1.54, 1.807) is 12.3 Å². The molecule has 0 N–H and O–H groups in total. The third-order valence-electron chi connectivity index (χ3n) is 5.48. The van der Waals surface area contributed by atoms with E-state index in [4.69, 9.17) is 0 Å². The third-order valence-corrected chi connectivity index (χ3v) is 5.48. The highest BCUT2D eigenvalue weighted by Crippen LogP contribution is 2.31. The lowest BCUT2D eigenvalue weighted by atomic mass is 9.83. The topological polar surface area (TPSA) is 72.5 Å². The van der Waals surface area contributed by atoms with Crippen molar-refractivity contribution in [3.8, 4) is 0 Å². The van der Waals surface area contributed by atoms with Crippen molar-refractivity contribution in [2.24, 2.45) is 5.41 Å². The fraction of sp³-hybridized carbons (Fsp3) is 0.429. The quantitative estimate of drug-likeness (QED) is 0.680. The Labute approximate surface area is 163 Å². The molecule has 3 aromatic heterocycles. The summed E-state index contributed by atoms with van der Waals surface area (Å²) in [6, 6.07) is 7.05. The highest BCUT2D eigenvalue weighted by Gasteiger charge is 2.26. The van der Waals surface area contributed by atoms with Crippen LogP contribution in [-0.2, 0) is 17.8 Å². The van der Waals surface area contributed by atoms with Crippen LogP contribution in [0.4, 0.5) is 5.82 Å². The predicted molar refractivity (Wildman–Crippen MR) is 108 cm³/mol. The van der Waals surface area contributed by atoms with E-state index in [1.807, 2.05) is 28.9 Å². The van der Waals surface area contributed by atoms with Gasteiger partial charge in [0, 0.05) is 44.2 Å². The number of imidazole rings is 1. The minimum Gasteiger partial charge on any atom is -0.355 e. The van der Waals surface area contributed by atoms with E-state index in [0.717, 1.165) is 43.0 Å². The predicted octanol–water partition coefficient (Wildman–Crippen LogP) is 2.33. The number of anilines is 1. The van der Waals surface area contributed by atoms with Crippen LogP contribution in [0.1, 0.15) is 32.3 Å². The number of piperidine rings is 1. The second-order valence-electron chi connectivity index (χ2n) is 8.28. The molecule has 146 valence electrons. The van der Waals surface area contributed by atoms with Crippen LogP contribution in [0.5, 0.6) is 0 Å². The third kappa shape index (κ3) is 3.98. The van der Waals surface area contributed by atoms with Gasteiger partial charge in [-0.25, -0.2) is 9.67 Å². The zero-order valence-electron chi connectivity index (χ0n) is 16.3. The number of rotatable bonds is 5. The molecule has 3 aromatic rings. The van der Waals surface area contributed by atoms with Gasteiger partial charge in [0.1, 0.15) is 18.0 Å². The normalized spacial score (nSPS) is 16.4. The molecule has 1 saturated heterocycles. The SMILES string of the molecule is CC1(C)CCN(c2ccc(=O)n(CC(=O)Cc3ccn4ccnc4c3)n2)CC1. The molecule has 0 atom stereocenters. The highest BCUT2D eigenvalue weighted by atomic mass is 16.1. The summed E-state index contributed by atoms with van der Waals surface area (Å²) in [7, 11) is 0. The summed E-state index contributed by atoms with van der Waals surface area (Å²) < 4.78 is 3.18. The lowest BCUT2D eigenvalue weighted by Crippen LogP contribution is -2.39. The van der Waals surface area contributed by atoms with Gasteiger partial charge < -0.3 is 9.30 Å². The minimum absolute atomic E-state index is 0.0222. The first-order chi connectivity index (χ1) is 13.4. The number of carbonyl (C=O) groups is 1. The molecule has 0 aliphatic carbocycles. The Bertz CT molecular complexity index is 1060. The number of Topliss-reactive ketones (excluding diaryl/α,β-unsaturated/α-hetero) is 1. The van der Waals surface area contributed by atoms with Crippen molar-refractivity contribution in [3.05, 3.63) is 58.8 Å². The van der Waals surface area contributed by atoms with E-state index in [2.05, 4.69) is 28.8 Å². The van der Waals surface area contributed by atoms with Gasteiger partial charge in [0.25, 0.3) is 5.56 Å². The molecule has 0 spiro atoms. The molecular formula is C21H25N5O2. The van der Waals surface area contributed by atoms with Crippen LogP contribution in [0.3, 0.4) is 0 Å². The average Bonchev–Trinajstić information content (AvgIpc) is 3.11. The maximum absolute atomic E-state index is 12.5. The van der Waals surface area contributed by atoms with Gasteiger partial charge in [-0.3, -0.25) is 9.59 Å². The van der Waals surface area contributed by atoms with Gasteiger partial charge >= 0.3 is 0 Å². The van der Waals surface area contributed by atoms with Gasteiger partial charge in [-0.05, 0) is 42.0 Å². The molecular weight excluding hydrogens is 354 g/mol. The van der Waals surface area contributed by atoms with Crippen LogP contribution in [0.2, 0.25) is 0 Å². The zero-order chi connectivity index (χ0) is 19.7. The summed E-state index contributed by atoms with van der Waals surface area (Å²) in [4.78, 5) is 31.2. The molecule has 1 aliphatic rings. The van der Waals surface area contributed by atoms with Crippen molar-refractivity contribution >= 4 is 17.2 Å². The Morgan fingerprint density at radius 2 is 1.93 bits per heavy atom. The molecule has 0 saturated carbocycles. The van der Waals surface area contributed by atoms with Crippen molar-refractivity contribution < 1.29 is 4.79 Å². The second-order valence-corrected chi connectivity index (χ2v) is 8.28. The zero-order valence-corrected chi connectivity index (χ0v) is 16.3. The molecule has 4 heterocycles. The fourth-order valence-corrected chi connectivity index (χ4v) is 3.57. The molecule has 0 radical (unpaired) electrons. The molecule has 4 rings (SSSR count). The molecule has 1 aliphatic heterocycles. The fourth-order valence-electron chi connectivity index (χ4n) is 3.57. The van der Waals surface area contributed by atoms with Crippen molar-refractivity contribution in [1.82, 2.24) is 19.2 Å². The summed E-state index contributed by atoms with van der Waals surface area (Å²) in [6.45, 7) is 6.36. The van der Waals surface area contributed by atoms with Crippen LogP contribution in [-0.4, -0.2) is 38.0 Å². The molecule has 7 nitrogen and oxygen atoms in total. The van der Waals surface area contributed by atoms with Crippen LogP contribution in [0, 0.1) is 5.41 Å². The number of hydrogen-bond acceptors (Lipinski definition) is 5. The molecule has 7 heteroatoms. The van der Waals surface area contributed by atoms with Crippen LogP contribution in [0.15, 0.2) is 47.7 Å². The number of hydrogen-bond donors (Lipinski definition) is 0. The molecule has 0 aromatic carbocycles. The van der Waals surface area contributed by atoms with Crippen molar-refractivity contribution in [1.29, 1.82) is 0 Å². The van der Waals surface area contributed by atoms with Gasteiger partial charge in [0.2, 0.25) is 0 Å². The maximum Gasteiger partial charge on any atom is 0.267 e. The Morgan fingerprint density at radius 3 is 2.71 bits per heavy atom. The van der Waals surface area contributed by atoms with Crippen molar-refractivity contribution in [3.63, 3.8) is 0 Å². The average molecular weight is 379 g/mol. The standard InChI is InChI=1S/C21H25N5O2/c1-21(2)6-10-25(11-7-21)18-3-4-20(28)26(23-18)15-17(27)13-16-5-9-24-12-8-22-19(24)14-16/h3-5,8-9,12,14H,6-7,10-11,13,15H2,1-2H3. The van der Waals surface area contributed by atoms with Gasteiger partial charge in [-0.1, -0.05) is 13.8 Å². The molecule has 0 unspecified atom stereocenters. The van der Waals surface area contributed by atoms with Gasteiger partial charge in [0.15, 0.2) is 5.78 Å². The van der Waals surface area contributed by atoms with Crippen LogP contribution in [0.25, 0.3) is 5.65 Å². The first-order valence-corrected chi connectivity index (χ1v) is 9.66. The molecule has 0 amide bonds. The smallest absolute Gasteiger partial charge is 0.267 e. The lowest BCUT2D eigenvalue weighted by Gasteiger charge is -2.37. The first kappa shape index (κ1) is 18.4. The van der Waals surface area contributed by atoms with E-state index >= 15 is 0 Å². The van der Waals surface area contributed by atoms with Crippen molar-refractivity contribution in [2.75, 3.05) is 18.0 Å². The summed E-state index contributed by atoms with van der Waals surface area (Å²) in [5.41, 5.74) is 1.77. The van der Waals surface area contributed by atoms with E-state index in [9.17, 15) is 9.59 Å². The summed E-state index contributed by atoms with van der Waals surface area (Å²) in [6.07, 6.45) is 7.88. The number of ketones is 1. The number of fused-ring (bicyclic) bond motifs is 1. The largest absolute Gasteiger partial charge is 0.355 e. The van der Waals surface area contributed by atoms with Crippen LogP contribution >= 0.6 is 0 Å². The Morgan fingerprint density at radius 1 is 1.14 bits per heavy atom. The number of nitrogens with zero attached hydrogens (tertiary/aromatic N) is 5. The van der Waals surface area contributed by atoms with Gasteiger partial charge in [0.05, 0.1) is 0 Å². The van der Waals surface area contributed by atoms with Crippen LogP contribution < -0.4 is 10.5 Å². The minimum atomic E-state index is -0.252. The lowest BCUT2D eigenvalue weighted by molar-refractivity contribution is -0.119. The number of aromatic nitrogens is 4. The summed E-state index contributed by atoms with van der Waals surface area (Å²) in [5.74, 6) is 0.712. The van der Waals surface area contributed by atoms with E-state index in [-0.39, 0.29) is 24.3 Å². The first-order valence-electron chi connectivity index (χ1n) is 9.66. The van der Waals surface area contributed by atoms with E-state index < -0.39 is 0 Å². The Kier molecular flexibility index (Phi) is 4.75. The maximum atomic E-state index is 12.5. The summed E-state index contributed by atoms with van der Waals surface area (Å²) in [5, 5.41) is 4.46. The van der Waals surface area contributed by atoms with E-state index in [1.165, 1.54) is 10.7 Å². The molecule has 0 bridgehead atoms.